The zero-order valence-electron chi connectivity index (χ0n) is 12.5. The average Bonchev–Trinajstić information content (AvgIpc) is 2.92. The fourth-order valence-corrected chi connectivity index (χ4v) is 2.37. The number of amides is 1. The molecule has 7 nitrogen and oxygen atoms in total. The Morgan fingerprint density at radius 1 is 1.43 bits per heavy atom. The van der Waals surface area contributed by atoms with Crippen molar-refractivity contribution in [1.29, 1.82) is 0 Å². The van der Waals surface area contributed by atoms with Crippen LogP contribution in [0.15, 0.2) is 12.4 Å². The molecule has 0 saturated heterocycles. The second-order valence-electron chi connectivity index (χ2n) is 5.11. The number of rotatable bonds is 4. The van der Waals surface area contributed by atoms with Crippen LogP contribution in [0.25, 0.3) is 0 Å². The number of hydrogen-bond acceptors (Lipinski definition) is 3. The molecule has 2 aromatic rings. The van der Waals surface area contributed by atoms with E-state index < -0.39 is 5.97 Å². The van der Waals surface area contributed by atoms with Crippen molar-refractivity contribution < 1.29 is 14.7 Å². The van der Waals surface area contributed by atoms with Crippen molar-refractivity contribution in [3.8, 4) is 0 Å². The molecule has 2 aromatic heterocycles. The SMILES string of the molecule is Cc1[nH]c(C(=O)O)c(C)c1C(=O)N(C)Cc1cnn(C)c1. The van der Waals surface area contributed by atoms with E-state index in [4.69, 9.17) is 5.11 Å². The smallest absolute Gasteiger partial charge is 0.352 e. The van der Waals surface area contributed by atoms with Gasteiger partial charge in [-0.2, -0.15) is 5.10 Å². The summed E-state index contributed by atoms with van der Waals surface area (Å²) in [6.45, 7) is 3.75. The van der Waals surface area contributed by atoms with Gasteiger partial charge in [-0.15, -0.1) is 0 Å². The lowest BCUT2D eigenvalue weighted by Crippen LogP contribution is -2.27. The van der Waals surface area contributed by atoms with E-state index in [2.05, 4.69) is 10.1 Å². The number of aromatic nitrogens is 3. The van der Waals surface area contributed by atoms with Crippen molar-refractivity contribution >= 4 is 11.9 Å². The van der Waals surface area contributed by atoms with E-state index in [-0.39, 0.29) is 11.6 Å². The third-order valence-corrected chi connectivity index (χ3v) is 3.39. The second-order valence-corrected chi connectivity index (χ2v) is 5.11. The van der Waals surface area contributed by atoms with E-state index in [0.29, 0.717) is 23.4 Å². The highest BCUT2D eigenvalue weighted by Crippen LogP contribution is 2.20. The van der Waals surface area contributed by atoms with Crippen LogP contribution in [-0.4, -0.2) is 43.7 Å². The van der Waals surface area contributed by atoms with Crippen LogP contribution in [-0.2, 0) is 13.6 Å². The van der Waals surface area contributed by atoms with E-state index in [1.807, 2.05) is 13.2 Å². The molecule has 7 heteroatoms. The molecule has 0 fully saturated rings. The minimum atomic E-state index is -1.07. The summed E-state index contributed by atoms with van der Waals surface area (Å²) in [4.78, 5) is 27.9. The summed E-state index contributed by atoms with van der Waals surface area (Å²) in [5.74, 6) is -1.28. The molecule has 0 radical (unpaired) electrons. The van der Waals surface area contributed by atoms with Crippen LogP contribution in [0, 0.1) is 13.8 Å². The van der Waals surface area contributed by atoms with Gasteiger partial charge >= 0.3 is 5.97 Å². The second kappa shape index (κ2) is 5.43. The van der Waals surface area contributed by atoms with Crippen LogP contribution >= 0.6 is 0 Å². The molecule has 0 aliphatic heterocycles. The van der Waals surface area contributed by atoms with Crippen molar-refractivity contribution in [1.82, 2.24) is 19.7 Å². The van der Waals surface area contributed by atoms with E-state index >= 15 is 0 Å². The van der Waals surface area contributed by atoms with Crippen LogP contribution in [0.5, 0.6) is 0 Å². The Labute approximate surface area is 122 Å². The molecule has 2 rings (SSSR count). The first-order valence-corrected chi connectivity index (χ1v) is 6.46. The maximum absolute atomic E-state index is 12.5. The number of nitrogens with one attached hydrogen (secondary N) is 1. The van der Waals surface area contributed by atoms with E-state index in [1.54, 1.807) is 36.7 Å². The van der Waals surface area contributed by atoms with Crippen LogP contribution in [0.1, 0.15) is 37.7 Å². The van der Waals surface area contributed by atoms with E-state index in [0.717, 1.165) is 5.56 Å². The quantitative estimate of drug-likeness (QED) is 0.888. The first-order valence-electron chi connectivity index (χ1n) is 6.46. The summed E-state index contributed by atoms with van der Waals surface area (Å²) in [6.07, 6.45) is 3.53. The Balaban J connectivity index is 2.25. The fraction of sp³-hybridized carbons (Fsp3) is 0.357. The van der Waals surface area contributed by atoms with Gasteiger partial charge in [0.15, 0.2) is 0 Å². The third kappa shape index (κ3) is 2.81. The topological polar surface area (TPSA) is 91.2 Å². The highest BCUT2D eigenvalue weighted by Gasteiger charge is 2.24. The molecular weight excluding hydrogens is 272 g/mol. The molecular formula is C14H18N4O3. The van der Waals surface area contributed by atoms with Gasteiger partial charge in [-0.3, -0.25) is 9.48 Å². The highest BCUT2D eigenvalue weighted by molar-refractivity contribution is 6.00. The zero-order chi connectivity index (χ0) is 15.7. The summed E-state index contributed by atoms with van der Waals surface area (Å²) < 4.78 is 1.67. The molecule has 2 N–H and O–H groups in total. The lowest BCUT2D eigenvalue weighted by Gasteiger charge is -2.16. The first-order chi connectivity index (χ1) is 9.81. The minimum Gasteiger partial charge on any atom is -0.477 e. The number of carbonyl (C=O) groups is 2. The molecule has 0 atom stereocenters. The molecule has 0 aliphatic rings. The Morgan fingerprint density at radius 3 is 2.57 bits per heavy atom. The molecule has 0 bridgehead atoms. The van der Waals surface area contributed by atoms with Crippen molar-refractivity contribution in [2.45, 2.75) is 20.4 Å². The molecule has 0 aliphatic carbocycles. The highest BCUT2D eigenvalue weighted by atomic mass is 16.4. The Morgan fingerprint density at radius 2 is 2.10 bits per heavy atom. The number of carboxylic acid groups (broad SMARTS) is 1. The molecule has 1 amide bonds. The Hall–Kier alpha value is -2.57. The monoisotopic (exact) mass is 290 g/mol. The van der Waals surface area contributed by atoms with E-state index in [1.165, 1.54) is 0 Å². The molecule has 112 valence electrons. The van der Waals surface area contributed by atoms with Crippen molar-refractivity contribution in [2.24, 2.45) is 7.05 Å². The first kappa shape index (κ1) is 14.8. The van der Waals surface area contributed by atoms with E-state index in [9.17, 15) is 9.59 Å². The van der Waals surface area contributed by atoms with Gasteiger partial charge in [0.25, 0.3) is 5.91 Å². The van der Waals surface area contributed by atoms with Gasteiger partial charge in [0.1, 0.15) is 5.69 Å². The summed E-state index contributed by atoms with van der Waals surface area (Å²) in [5.41, 5.74) is 2.41. The zero-order valence-corrected chi connectivity index (χ0v) is 12.5. The van der Waals surface area contributed by atoms with Crippen LogP contribution in [0.4, 0.5) is 0 Å². The van der Waals surface area contributed by atoms with Gasteiger partial charge < -0.3 is 15.0 Å². The molecule has 21 heavy (non-hydrogen) atoms. The number of nitrogens with zero attached hydrogens (tertiary/aromatic N) is 3. The van der Waals surface area contributed by atoms with Gasteiger partial charge in [-0.05, 0) is 19.4 Å². The minimum absolute atomic E-state index is 0.0608. The fourth-order valence-electron chi connectivity index (χ4n) is 2.37. The number of carboxylic acids is 1. The number of aryl methyl sites for hydroxylation is 2. The number of carbonyl (C=O) groups excluding carboxylic acids is 1. The molecule has 0 unspecified atom stereocenters. The number of aromatic amines is 1. The summed E-state index contributed by atoms with van der Waals surface area (Å²) in [5, 5.41) is 13.2. The standard InChI is InChI=1S/C14H18N4O3/c1-8-11(9(2)16-12(8)14(20)21)13(19)17(3)6-10-5-15-18(4)7-10/h5,7,16H,6H2,1-4H3,(H,20,21). The van der Waals surface area contributed by atoms with Gasteiger partial charge in [0, 0.05) is 38.1 Å². The lowest BCUT2D eigenvalue weighted by atomic mass is 10.1. The maximum Gasteiger partial charge on any atom is 0.352 e. The molecule has 0 aromatic carbocycles. The van der Waals surface area contributed by atoms with Crippen LogP contribution in [0.3, 0.4) is 0 Å². The number of hydrogen-bond donors (Lipinski definition) is 2. The van der Waals surface area contributed by atoms with Crippen molar-refractivity contribution in [2.75, 3.05) is 7.05 Å². The predicted molar refractivity (Wildman–Crippen MR) is 76.2 cm³/mol. The maximum atomic E-state index is 12.5. The normalized spacial score (nSPS) is 10.7. The van der Waals surface area contributed by atoms with Crippen LogP contribution in [0.2, 0.25) is 0 Å². The molecule has 2 heterocycles. The predicted octanol–water partition coefficient (Wildman–Crippen LogP) is 1.34. The van der Waals surface area contributed by atoms with Gasteiger partial charge in [-0.1, -0.05) is 0 Å². The number of aromatic carboxylic acids is 1. The van der Waals surface area contributed by atoms with Gasteiger partial charge in [0.2, 0.25) is 0 Å². The summed E-state index contributed by atoms with van der Waals surface area (Å²) >= 11 is 0. The summed E-state index contributed by atoms with van der Waals surface area (Å²) in [6, 6.07) is 0. The largest absolute Gasteiger partial charge is 0.477 e. The molecule has 0 spiro atoms. The average molecular weight is 290 g/mol. The van der Waals surface area contributed by atoms with Gasteiger partial charge in [-0.25, -0.2) is 4.79 Å². The Bertz CT molecular complexity index is 699. The summed E-state index contributed by atoms with van der Waals surface area (Å²) in [7, 11) is 3.49. The van der Waals surface area contributed by atoms with Crippen molar-refractivity contribution in [3.05, 3.63) is 40.5 Å². The lowest BCUT2D eigenvalue weighted by molar-refractivity contribution is 0.0690. The number of H-pyrrole nitrogens is 1. The third-order valence-electron chi connectivity index (χ3n) is 3.39. The molecule has 0 saturated carbocycles. The van der Waals surface area contributed by atoms with Crippen molar-refractivity contribution in [3.63, 3.8) is 0 Å². The van der Waals surface area contributed by atoms with Crippen LogP contribution < -0.4 is 0 Å². The Kier molecular flexibility index (Phi) is 3.84. The van der Waals surface area contributed by atoms with Gasteiger partial charge in [0.05, 0.1) is 11.8 Å².